The van der Waals surface area contributed by atoms with Crippen molar-refractivity contribution in [1.82, 2.24) is 5.32 Å². The van der Waals surface area contributed by atoms with E-state index in [1.54, 1.807) is 24.3 Å². The number of primary amides is 1. The van der Waals surface area contributed by atoms with Crippen LogP contribution in [0.3, 0.4) is 0 Å². The first-order valence-electron chi connectivity index (χ1n) is 8.88. The number of rotatable bonds is 8. The summed E-state index contributed by atoms with van der Waals surface area (Å²) in [6.07, 6.45) is 0.939. The smallest absolute Gasteiger partial charge is 0.248 e. The molecule has 0 fully saturated rings. The van der Waals surface area contributed by atoms with Gasteiger partial charge in [0.1, 0.15) is 0 Å². The molecule has 0 aromatic heterocycles. The van der Waals surface area contributed by atoms with Crippen molar-refractivity contribution in [3.05, 3.63) is 65.7 Å². The molecule has 5 heteroatoms. The molecule has 0 aliphatic heterocycles. The molecule has 0 spiro atoms. The van der Waals surface area contributed by atoms with Crippen molar-refractivity contribution >= 4 is 17.5 Å². The number of carbonyl (C=O) groups excluding carboxylic acids is 2. The van der Waals surface area contributed by atoms with Gasteiger partial charge in [-0.15, -0.1) is 0 Å². The minimum Gasteiger partial charge on any atom is -0.366 e. The summed E-state index contributed by atoms with van der Waals surface area (Å²) in [6.45, 7) is 6.19. The minimum atomic E-state index is -0.489. The molecular formula is C21H27N3O2. The quantitative estimate of drug-likeness (QED) is 0.679. The van der Waals surface area contributed by atoms with Gasteiger partial charge >= 0.3 is 0 Å². The third kappa shape index (κ3) is 5.70. The van der Waals surface area contributed by atoms with Crippen LogP contribution in [0, 0.1) is 5.92 Å². The Morgan fingerprint density at radius 1 is 0.962 bits per heavy atom. The Balaban J connectivity index is 2.02. The van der Waals surface area contributed by atoms with Crippen LogP contribution in [0.5, 0.6) is 0 Å². The number of carbonyl (C=O) groups is 2. The predicted octanol–water partition coefficient (Wildman–Crippen LogP) is 3.49. The first kappa shape index (κ1) is 19.7. The highest BCUT2D eigenvalue weighted by Gasteiger charge is 2.20. The molecule has 2 atom stereocenters. The summed E-state index contributed by atoms with van der Waals surface area (Å²) in [7, 11) is 0. The van der Waals surface area contributed by atoms with E-state index >= 15 is 0 Å². The van der Waals surface area contributed by atoms with E-state index < -0.39 is 5.91 Å². The summed E-state index contributed by atoms with van der Waals surface area (Å²) >= 11 is 0. The van der Waals surface area contributed by atoms with Crippen LogP contribution in [0.25, 0.3) is 0 Å². The fourth-order valence-electron chi connectivity index (χ4n) is 2.80. The molecule has 0 unspecified atom stereocenters. The van der Waals surface area contributed by atoms with E-state index in [4.69, 9.17) is 5.73 Å². The van der Waals surface area contributed by atoms with Crippen molar-refractivity contribution < 1.29 is 9.59 Å². The summed E-state index contributed by atoms with van der Waals surface area (Å²) in [4.78, 5) is 23.6. The largest absolute Gasteiger partial charge is 0.366 e. The summed E-state index contributed by atoms with van der Waals surface area (Å²) in [5, 5.41) is 6.29. The van der Waals surface area contributed by atoms with E-state index in [1.165, 1.54) is 5.56 Å². The summed E-state index contributed by atoms with van der Waals surface area (Å²) in [5.74, 6) is -0.108. The average Bonchev–Trinajstić information content (AvgIpc) is 2.62. The number of hydrogen-bond donors (Lipinski definition) is 3. The lowest BCUT2D eigenvalue weighted by Crippen LogP contribution is -2.40. The Bertz CT molecular complexity index is 727. The molecule has 0 bridgehead atoms. The molecule has 5 nitrogen and oxygen atoms in total. The highest BCUT2D eigenvalue weighted by Crippen LogP contribution is 2.22. The highest BCUT2D eigenvalue weighted by atomic mass is 16.2. The lowest BCUT2D eigenvalue weighted by molar-refractivity contribution is -0.118. The minimum absolute atomic E-state index is 0.106. The van der Waals surface area contributed by atoms with Crippen LogP contribution in [-0.2, 0) is 4.79 Å². The van der Waals surface area contributed by atoms with Gasteiger partial charge in [0.15, 0.2) is 0 Å². The molecule has 2 rings (SSSR count). The second kappa shape index (κ2) is 9.15. The molecule has 0 heterocycles. The number of anilines is 1. The van der Waals surface area contributed by atoms with Crippen LogP contribution in [0.4, 0.5) is 5.69 Å². The van der Waals surface area contributed by atoms with Gasteiger partial charge in [0.2, 0.25) is 11.8 Å². The number of nitrogens with one attached hydrogen (secondary N) is 2. The van der Waals surface area contributed by atoms with Gasteiger partial charge in [0, 0.05) is 17.3 Å². The number of benzene rings is 2. The Morgan fingerprint density at radius 2 is 1.58 bits per heavy atom. The zero-order valence-corrected chi connectivity index (χ0v) is 15.5. The van der Waals surface area contributed by atoms with E-state index in [0.717, 1.165) is 6.42 Å². The molecule has 2 aromatic rings. The lowest BCUT2D eigenvalue weighted by atomic mass is 9.96. The van der Waals surface area contributed by atoms with Crippen LogP contribution in [0.2, 0.25) is 0 Å². The van der Waals surface area contributed by atoms with Crippen LogP contribution in [0.15, 0.2) is 54.6 Å². The van der Waals surface area contributed by atoms with Gasteiger partial charge in [0.05, 0.1) is 6.04 Å². The highest BCUT2D eigenvalue weighted by molar-refractivity contribution is 5.96. The van der Waals surface area contributed by atoms with Crippen LogP contribution >= 0.6 is 0 Å². The zero-order chi connectivity index (χ0) is 19.1. The van der Waals surface area contributed by atoms with Gasteiger partial charge in [0.25, 0.3) is 0 Å². The zero-order valence-electron chi connectivity index (χ0n) is 15.5. The molecule has 0 radical (unpaired) electrons. The second-order valence-corrected chi connectivity index (χ2v) is 6.91. The van der Waals surface area contributed by atoms with Gasteiger partial charge < -0.3 is 11.1 Å². The molecule has 2 amide bonds. The third-order valence-electron chi connectivity index (χ3n) is 4.19. The Labute approximate surface area is 155 Å². The molecule has 0 aliphatic carbocycles. The maximum Gasteiger partial charge on any atom is 0.248 e. The predicted molar refractivity (Wildman–Crippen MR) is 105 cm³/mol. The molecule has 26 heavy (non-hydrogen) atoms. The summed E-state index contributed by atoms with van der Waals surface area (Å²) in [5.41, 5.74) is 7.45. The van der Waals surface area contributed by atoms with E-state index in [1.807, 2.05) is 25.1 Å². The molecule has 2 aromatic carbocycles. The van der Waals surface area contributed by atoms with Crippen LogP contribution in [0.1, 0.15) is 49.2 Å². The van der Waals surface area contributed by atoms with E-state index in [2.05, 4.69) is 36.6 Å². The summed E-state index contributed by atoms with van der Waals surface area (Å²) in [6, 6.07) is 16.4. The Kier molecular flexibility index (Phi) is 6.92. The van der Waals surface area contributed by atoms with Crippen LogP contribution in [-0.4, -0.2) is 17.9 Å². The topological polar surface area (TPSA) is 84.2 Å². The van der Waals surface area contributed by atoms with Gasteiger partial charge in [-0.25, -0.2) is 0 Å². The fourth-order valence-corrected chi connectivity index (χ4v) is 2.80. The van der Waals surface area contributed by atoms with Crippen molar-refractivity contribution in [2.24, 2.45) is 11.7 Å². The second-order valence-electron chi connectivity index (χ2n) is 6.91. The molecule has 138 valence electrons. The molecule has 0 saturated carbocycles. The van der Waals surface area contributed by atoms with Crippen molar-refractivity contribution in [1.29, 1.82) is 0 Å². The number of hydrogen-bond acceptors (Lipinski definition) is 3. The van der Waals surface area contributed by atoms with Crippen molar-refractivity contribution in [3.63, 3.8) is 0 Å². The number of amides is 2. The Morgan fingerprint density at radius 3 is 2.12 bits per heavy atom. The first-order valence-corrected chi connectivity index (χ1v) is 8.88. The maximum absolute atomic E-state index is 12.5. The normalized spacial score (nSPS) is 13.2. The van der Waals surface area contributed by atoms with Crippen molar-refractivity contribution in [2.45, 2.75) is 39.3 Å². The first-order chi connectivity index (χ1) is 12.4. The Hall–Kier alpha value is -2.66. The average molecular weight is 353 g/mol. The standard InChI is InChI=1S/C21H27N3O2/c1-14(2)13-19(16-7-5-4-6-8-16)23-15(3)21(26)24-18-11-9-17(10-12-18)20(22)25/h4-12,14-15,19,23H,13H2,1-3H3,(H2,22,25)(H,24,26)/t15-,19-/m0/s1. The van der Waals surface area contributed by atoms with E-state index in [0.29, 0.717) is 17.2 Å². The maximum atomic E-state index is 12.5. The molecule has 4 N–H and O–H groups in total. The van der Waals surface area contributed by atoms with Gasteiger partial charge in [-0.1, -0.05) is 44.2 Å². The van der Waals surface area contributed by atoms with E-state index in [-0.39, 0.29) is 18.0 Å². The van der Waals surface area contributed by atoms with Crippen molar-refractivity contribution in [2.75, 3.05) is 5.32 Å². The number of nitrogens with two attached hydrogens (primary N) is 1. The van der Waals surface area contributed by atoms with Crippen molar-refractivity contribution in [3.8, 4) is 0 Å². The van der Waals surface area contributed by atoms with Crippen LogP contribution < -0.4 is 16.4 Å². The summed E-state index contributed by atoms with van der Waals surface area (Å²) < 4.78 is 0. The molecule has 0 saturated heterocycles. The monoisotopic (exact) mass is 353 g/mol. The fraction of sp³-hybridized carbons (Fsp3) is 0.333. The molecular weight excluding hydrogens is 326 g/mol. The molecule has 0 aliphatic rings. The third-order valence-corrected chi connectivity index (χ3v) is 4.19. The van der Waals surface area contributed by atoms with E-state index in [9.17, 15) is 9.59 Å². The lowest BCUT2D eigenvalue weighted by Gasteiger charge is -2.25. The SMILES string of the molecule is CC(C)C[C@H](N[C@@H](C)C(=O)Nc1ccc(C(N)=O)cc1)c1ccccc1. The van der Waals surface area contributed by atoms with Gasteiger partial charge in [-0.3, -0.25) is 14.9 Å². The van der Waals surface area contributed by atoms with Gasteiger partial charge in [-0.2, -0.15) is 0 Å². The van der Waals surface area contributed by atoms with Gasteiger partial charge in [-0.05, 0) is 49.1 Å².